The van der Waals surface area contributed by atoms with Gasteiger partial charge in [-0.3, -0.25) is 9.59 Å². The van der Waals surface area contributed by atoms with Crippen LogP contribution in [0.15, 0.2) is 24.3 Å². The molecule has 1 aliphatic heterocycles. The molecule has 0 aromatic heterocycles. The van der Waals surface area contributed by atoms with Gasteiger partial charge in [0.1, 0.15) is 5.78 Å². The minimum Gasteiger partial charge on any atom is -0.339 e. The Morgan fingerprint density at radius 2 is 1.33 bits per heavy atom. The fourth-order valence-corrected chi connectivity index (χ4v) is 2.83. The van der Waals surface area contributed by atoms with Gasteiger partial charge in [0.25, 0.3) is 0 Å². The summed E-state index contributed by atoms with van der Waals surface area (Å²) in [5.74, 6) is 0.147. The van der Waals surface area contributed by atoms with Crippen LogP contribution in [0.25, 0.3) is 0 Å². The van der Waals surface area contributed by atoms with Crippen molar-refractivity contribution in [1.29, 1.82) is 0 Å². The molecule has 1 aromatic carbocycles. The van der Waals surface area contributed by atoms with Crippen molar-refractivity contribution >= 4 is 17.6 Å². The molecule has 1 aromatic rings. The first-order valence-corrected chi connectivity index (χ1v) is 8.62. The zero-order valence-corrected chi connectivity index (χ0v) is 14.6. The molecule has 1 saturated heterocycles. The minimum atomic E-state index is 0.00690. The molecule has 5 heteroatoms. The van der Waals surface area contributed by atoms with E-state index in [1.54, 1.807) is 4.90 Å². The van der Waals surface area contributed by atoms with E-state index >= 15 is 0 Å². The molecule has 0 N–H and O–H groups in total. The lowest BCUT2D eigenvalue weighted by molar-refractivity contribution is -0.139. The Bertz CT molecular complexity index is 587. The van der Waals surface area contributed by atoms with E-state index in [4.69, 9.17) is 0 Å². The predicted molar refractivity (Wildman–Crippen MR) is 92.6 cm³/mol. The third-order valence-corrected chi connectivity index (χ3v) is 4.46. The van der Waals surface area contributed by atoms with Crippen molar-refractivity contribution < 1.29 is 14.4 Å². The van der Waals surface area contributed by atoms with Crippen LogP contribution in [-0.4, -0.2) is 53.6 Å². The summed E-state index contributed by atoms with van der Waals surface area (Å²) in [5.41, 5.74) is 2.29. The third kappa shape index (κ3) is 5.18. The monoisotopic (exact) mass is 330 g/mol. The van der Waals surface area contributed by atoms with Crippen molar-refractivity contribution in [1.82, 2.24) is 9.80 Å². The lowest BCUT2D eigenvalue weighted by Gasteiger charge is -2.35. The Morgan fingerprint density at radius 1 is 0.833 bits per heavy atom. The van der Waals surface area contributed by atoms with Crippen LogP contribution in [0.5, 0.6) is 0 Å². The number of Topliss-reactive ketones (excluding diaryl/α,β-unsaturated/α-hetero) is 1. The molecule has 1 fully saturated rings. The highest BCUT2D eigenvalue weighted by Crippen LogP contribution is 2.10. The number of ketones is 1. The second kappa shape index (κ2) is 8.62. The summed E-state index contributed by atoms with van der Waals surface area (Å²) in [6.07, 6.45) is 1.97. The molecule has 1 heterocycles. The molecule has 0 bridgehead atoms. The molecule has 5 nitrogen and oxygen atoms in total. The van der Waals surface area contributed by atoms with Gasteiger partial charge in [-0.25, -0.2) is 0 Å². The van der Waals surface area contributed by atoms with Gasteiger partial charge < -0.3 is 14.6 Å². The molecule has 0 radical (unpaired) electrons. The summed E-state index contributed by atoms with van der Waals surface area (Å²) in [5, 5.41) is 0. The maximum absolute atomic E-state index is 12.4. The van der Waals surface area contributed by atoms with Gasteiger partial charge in [0, 0.05) is 39.0 Å². The third-order valence-electron chi connectivity index (χ3n) is 4.46. The first-order valence-electron chi connectivity index (χ1n) is 8.62. The van der Waals surface area contributed by atoms with E-state index in [0.717, 1.165) is 12.0 Å². The number of benzene rings is 1. The molecular formula is C19H26N2O3. The second-order valence-corrected chi connectivity index (χ2v) is 6.31. The first kappa shape index (κ1) is 18.2. The normalized spacial score (nSPS) is 14.6. The Labute approximate surface area is 143 Å². The number of carbonyl (C=O) groups excluding carboxylic acids is 3. The summed E-state index contributed by atoms with van der Waals surface area (Å²) in [6.45, 7) is 5.85. The van der Waals surface area contributed by atoms with E-state index < -0.39 is 0 Å². The van der Waals surface area contributed by atoms with Crippen molar-refractivity contribution in [3.05, 3.63) is 35.4 Å². The van der Waals surface area contributed by atoms with E-state index in [2.05, 4.69) is 19.1 Å². The Hall–Kier alpha value is -2.17. The molecule has 130 valence electrons. The van der Waals surface area contributed by atoms with Crippen LogP contribution >= 0.6 is 0 Å². The average molecular weight is 330 g/mol. The quantitative estimate of drug-likeness (QED) is 0.799. The van der Waals surface area contributed by atoms with Gasteiger partial charge in [-0.2, -0.15) is 0 Å². The number of nitrogens with zero attached hydrogens (tertiary/aromatic N) is 2. The summed E-state index contributed by atoms with van der Waals surface area (Å²) < 4.78 is 0. The van der Waals surface area contributed by atoms with Crippen LogP contribution in [0.3, 0.4) is 0 Å². The molecular weight excluding hydrogens is 304 g/mol. The second-order valence-electron chi connectivity index (χ2n) is 6.31. The van der Waals surface area contributed by atoms with Crippen LogP contribution in [0.1, 0.15) is 37.8 Å². The summed E-state index contributed by atoms with van der Waals surface area (Å²) >= 11 is 0. The van der Waals surface area contributed by atoms with Crippen LogP contribution < -0.4 is 0 Å². The fourth-order valence-electron chi connectivity index (χ4n) is 2.83. The van der Waals surface area contributed by atoms with Crippen molar-refractivity contribution in [2.45, 2.75) is 39.5 Å². The van der Waals surface area contributed by atoms with Crippen molar-refractivity contribution in [2.24, 2.45) is 0 Å². The predicted octanol–water partition coefficient (Wildman–Crippen LogP) is 1.83. The number of piperazine rings is 1. The van der Waals surface area contributed by atoms with Gasteiger partial charge in [-0.1, -0.05) is 31.2 Å². The largest absolute Gasteiger partial charge is 0.339 e. The lowest BCUT2D eigenvalue weighted by atomic mass is 10.1. The maximum Gasteiger partial charge on any atom is 0.227 e. The van der Waals surface area contributed by atoms with Crippen LogP contribution in [0, 0.1) is 0 Å². The van der Waals surface area contributed by atoms with E-state index in [0.29, 0.717) is 39.0 Å². The lowest BCUT2D eigenvalue weighted by Crippen LogP contribution is -2.51. The number of hydrogen-bond donors (Lipinski definition) is 0. The SMILES string of the molecule is CCc1ccc(CC(=O)N2CCN(C(=O)CCC(C)=O)CC2)cc1. The smallest absolute Gasteiger partial charge is 0.227 e. The minimum absolute atomic E-state index is 0.00690. The highest BCUT2D eigenvalue weighted by molar-refractivity contribution is 5.84. The van der Waals surface area contributed by atoms with Gasteiger partial charge in [0.2, 0.25) is 11.8 Å². The molecule has 0 spiro atoms. The van der Waals surface area contributed by atoms with Gasteiger partial charge >= 0.3 is 0 Å². The van der Waals surface area contributed by atoms with Crippen LogP contribution in [0.2, 0.25) is 0 Å². The molecule has 2 rings (SSSR count). The zero-order chi connectivity index (χ0) is 17.5. The summed E-state index contributed by atoms with van der Waals surface area (Å²) in [4.78, 5) is 38.9. The zero-order valence-electron chi connectivity index (χ0n) is 14.6. The van der Waals surface area contributed by atoms with E-state index in [-0.39, 0.29) is 24.0 Å². The molecule has 0 saturated carbocycles. The van der Waals surface area contributed by atoms with Crippen LogP contribution in [0.4, 0.5) is 0 Å². The van der Waals surface area contributed by atoms with Gasteiger partial charge in [-0.05, 0) is 24.5 Å². The average Bonchev–Trinajstić information content (AvgIpc) is 2.60. The number of aryl methyl sites for hydroxylation is 1. The van der Waals surface area contributed by atoms with Gasteiger partial charge in [0.05, 0.1) is 6.42 Å². The highest BCUT2D eigenvalue weighted by atomic mass is 16.2. The number of carbonyl (C=O) groups is 3. The number of hydrogen-bond acceptors (Lipinski definition) is 3. The molecule has 0 unspecified atom stereocenters. The van der Waals surface area contributed by atoms with Gasteiger partial charge in [-0.15, -0.1) is 0 Å². The van der Waals surface area contributed by atoms with E-state index in [1.165, 1.54) is 12.5 Å². The molecule has 0 aliphatic carbocycles. The van der Waals surface area contributed by atoms with E-state index in [9.17, 15) is 14.4 Å². The van der Waals surface area contributed by atoms with Crippen molar-refractivity contribution in [3.63, 3.8) is 0 Å². The van der Waals surface area contributed by atoms with Gasteiger partial charge in [0.15, 0.2) is 0 Å². The topological polar surface area (TPSA) is 57.7 Å². The fraction of sp³-hybridized carbons (Fsp3) is 0.526. The molecule has 2 amide bonds. The summed E-state index contributed by atoms with van der Waals surface area (Å²) in [6, 6.07) is 8.15. The Balaban J connectivity index is 1.79. The standard InChI is InChI=1S/C19H26N2O3/c1-3-16-5-7-17(8-6-16)14-19(24)21-12-10-20(11-13-21)18(23)9-4-15(2)22/h5-8H,3-4,9-14H2,1-2H3. The number of rotatable bonds is 6. The van der Waals surface area contributed by atoms with Crippen molar-refractivity contribution in [2.75, 3.05) is 26.2 Å². The first-order chi connectivity index (χ1) is 11.5. The molecule has 0 atom stereocenters. The van der Waals surface area contributed by atoms with Crippen molar-refractivity contribution in [3.8, 4) is 0 Å². The maximum atomic E-state index is 12.4. The molecule has 24 heavy (non-hydrogen) atoms. The summed E-state index contributed by atoms with van der Waals surface area (Å²) in [7, 11) is 0. The van der Waals surface area contributed by atoms with Crippen LogP contribution in [-0.2, 0) is 27.2 Å². The number of amides is 2. The Morgan fingerprint density at radius 3 is 1.83 bits per heavy atom. The highest BCUT2D eigenvalue weighted by Gasteiger charge is 2.24. The van der Waals surface area contributed by atoms with E-state index in [1.807, 2.05) is 17.0 Å². The Kier molecular flexibility index (Phi) is 6.53. The molecule has 1 aliphatic rings.